The molecule has 0 aliphatic heterocycles. The van der Waals surface area contributed by atoms with E-state index in [0.717, 1.165) is 19.6 Å². The maximum atomic E-state index is 12.2. The first kappa shape index (κ1) is 17.3. The van der Waals surface area contributed by atoms with E-state index in [-0.39, 0.29) is 12.1 Å². The number of rotatable bonds is 8. The van der Waals surface area contributed by atoms with E-state index in [9.17, 15) is 4.79 Å². The topological polar surface area (TPSA) is 64.8 Å². The first-order valence-electron chi connectivity index (χ1n) is 7.43. The van der Waals surface area contributed by atoms with Crippen molar-refractivity contribution in [2.75, 3.05) is 32.0 Å². The highest BCUT2D eigenvalue weighted by Crippen LogP contribution is 2.23. The molecule has 0 saturated heterocycles. The van der Waals surface area contributed by atoms with Crippen LogP contribution < -0.4 is 10.5 Å². The molecule has 0 aliphatic rings. The van der Waals surface area contributed by atoms with Gasteiger partial charge in [-0.2, -0.15) is 0 Å². The molecule has 0 radical (unpaired) electrons. The summed E-state index contributed by atoms with van der Waals surface area (Å²) in [5.74, 6) is 0.0932. The summed E-state index contributed by atoms with van der Waals surface area (Å²) in [6.45, 7) is 11.0. The second-order valence-corrected chi connectivity index (χ2v) is 5.09. The van der Waals surface area contributed by atoms with Crippen LogP contribution in [0.2, 0.25) is 0 Å². The fourth-order valence-electron chi connectivity index (χ4n) is 1.94. The van der Waals surface area contributed by atoms with Gasteiger partial charge in [-0.15, -0.1) is 0 Å². The molecule has 5 nitrogen and oxygen atoms in total. The van der Waals surface area contributed by atoms with Crippen molar-refractivity contribution in [2.24, 2.45) is 0 Å². The van der Waals surface area contributed by atoms with Crippen LogP contribution in [0, 0.1) is 0 Å². The SMILES string of the molecule is CCN(CC)CCOC(=O)c1ccc(N)cc1OC(C)C. The van der Waals surface area contributed by atoms with Gasteiger partial charge in [0.1, 0.15) is 17.9 Å². The number of carbonyl (C=O) groups is 1. The van der Waals surface area contributed by atoms with Gasteiger partial charge in [-0.25, -0.2) is 4.79 Å². The molecular formula is C16H26N2O3. The number of benzene rings is 1. The summed E-state index contributed by atoms with van der Waals surface area (Å²) in [7, 11) is 0. The number of nitrogens with two attached hydrogens (primary N) is 1. The van der Waals surface area contributed by atoms with E-state index < -0.39 is 0 Å². The molecule has 0 atom stereocenters. The van der Waals surface area contributed by atoms with Crippen LogP contribution in [0.3, 0.4) is 0 Å². The van der Waals surface area contributed by atoms with Crippen LogP contribution in [0.15, 0.2) is 18.2 Å². The predicted molar refractivity (Wildman–Crippen MR) is 84.7 cm³/mol. The Morgan fingerprint density at radius 3 is 2.52 bits per heavy atom. The third kappa shape index (κ3) is 5.63. The first-order chi connectivity index (χ1) is 9.97. The molecule has 1 rings (SSSR count). The summed E-state index contributed by atoms with van der Waals surface area (Å²) in [4.78, 5) is 14.4. The van der Waals surface area contributed by atoms with E-state index in [4.69, 9.17) is 15.2 Å². The molecule has 0 fully saturated rings. The molecule has 0 bridgehead atoms. The van der Waals surface area contributed by atoms with Crippen molar-refractivity contribution < 1.29 is 14.3 Å². The number of anilines is 1. The zero-order valence-electron chi connectivity index (χ0n) is 13.4. The van der Waals surface area contributed by atoms with E-state index in [2.05, 4.69) is 18.7 Å². The van der Waals surface area contributed by atoms with Crippen molar-refractivity contribution in [1.29, 1.82) is 0 Å². The van der Waals surface area contributed by atoms with E-state index in [1.807, 2.05) is 13.8 Å². The van der Waals surface area contributed by atoms with Gasteiger partial charge in [0.15, 0.2) is 0 Å². The lowest BCUT2D eigenvalue weighted by molar-refractivity contribution is 0.0460. The highest BCUT2D eigenvalue weighted by atomic mass is 16.5. The average Bonchev–Trinajstić information content (AvgIpc) is 2.43. The van der Waals surface area contributed by atoms with Crippen LogP contribution in [-0.4, -0.2) is 43.2 Å². The Kier molecular flexibility index (Phi) is 7.02. The largest absolute Gasteiger partial charge is 0.490 e. The van der Waals surface area contributed by atoms with E-state index in [1.54, 1.807) is 18.2 Å². The number of ether oxygens (including phenoxy) is 2. The lowest BCUT2D eigenvalue weighted by atomic mass is 10.2. The fraction of sp³-hybridized carbons (Fsp3) is 0.562. The molecule has 0 aromatic heterocycles. The van der Waals surface area contributed by atoms with Crippen molar-refractivity contribution in [3.63, 3.8) is 0 Å². The summed E-state index contributed by atoms with van der Waals surface area (Å²) >= 11 is 0. The van der Waals surface area contributed by atoms with Crippen LogP contribution in [0.25, 0.3) is 0 Å². The summed E-state index contributed by atoms with van der Waals surface area (Å²) < 4.78 is 10.9. The molecular weight excluding hydrogens is 268 g/mol. The highest BCUT2D eigenvalue weighted by Gasteiger charge is 2.15. The number of hydrogen-bond donors (Lipinski definition) is 1. The zero-order chi connectivity index (χ0) is 15.8. The van der Waals surface area contributed by atoms with Crippen LogP contribution >= 0.6 is 0 Å². The zero-order valence-corrected chi connectivity index (χ0v) is 13.4. The monoisotopic (exact) mass is 294 g/mol. The third-order valence-corrected chi connectivity index (χ3v) is 3.12. The minimum absolute atomic E-state index is 0.0333. The number of esters is 1. The molecule has 21 heavy (non-hydrogen) atoms. The van der Waals surface area contributed by atoms with Gasteiger partial charge < -0.3 is 20.1 Å². The summed E-state index contributed by atoms with van der Waals surface area (Å²) in [5.41, 5.74) is 6.72. The minimum Gasteiger partial charge on any atom is -0.490 e. The first-order valence-corrected chi connectivity index (χ1v) is 7.43. The van der Waals surface area contributed by atoms with Crippen LogP contribution in [0.1, 0.15) is 38.1 Å². The molecule has 1 aromatic rings. The summed E-state index contributed by atoms with van der Waals surface area (Å²) in [5, 5.41) is 0. The van der Waals surface area contributed by atoms with Gasteiger partial charge in [-0.1, -0.05) is 13.8 Å². The summed E-state index contributed by atoms with van der Waals surface area (Å²) in [6.07, 6.45) is -0.0333. The van der Waals surface area contributed by atoms with Crippen LogP contribution in [-0.2, 0) is 4.74 Å². The van der Waals surface area contributed by atoms with Gasteiger partial charge in [0.25, 0.3) is 0 Å². The lowest BCUT2D eigenvalue weighted by Crippen LogP contribution is -2.28. The number of likely N-dealkylation sites (N-methyl/N-ethyl adjacent to an activating group) is 1. The Balaban J connectivity index is 2.69. The standard InChI is InChI=1S/C16H26N2O3/c1-5-18(6-2)9-10-20-16(19)14-8-7-13(17)11-15(14)21-12(3)4/h7-8,11-12H,5-6,9-10,17H2,1-4H3. The van der Waals surface area contributed by atoms with Crippen LogP contribution in [0.5, 0.6) is 5.75 Å². The van der Waals surface area contributed by atoms with Gasteiger partial charge >= 0.3 is 5.97 Å². The van der Waals surface area contributed by atoms with Crippen molar-refractivity contribution in [3.05, 3.63) is 23.8 Å². The van der Waals surface area contributed by atoms with Gasteiger partial charge in [0.2, 0.25) is 0 Å². The number of nitrogen functional groups attached to an aromatic ring is 1. The second kappa shape index (κ2) is 8.52. The van der Waals surface area contributed by atoms with Crippen LogP contribution in [0.4, 0.5) is 5.69 Å². The van der Waals surface area contributed by atoms with Gasteiger partial charge in [-0.05, 0) is 39.1 Å². The Morgan fingerprint density at radius 2 is 1.95 bits per heavy atom. The molecule has 118 valence electrons. The molecule has 0 amide bonds. The highest BCUT2D eigenvalue weighted by molar-refractivity contribution is 5.93. The lowest BCUT2D eigenvalue weighted by Gasteiger charge is -2.18. The van der Waals surface area contributed by atoms with E-state index in [0.29, 0.717) is 23.6 Å². The van der Waals surface area contributed by atoms with Gasteiger partial charge in [0.05, 0.1) is 6.10 Å². The third-order valence-electron chi connectivity index (χ3n) is 3.12. The Hall–Kier alpha value is -1.75. The van der Waals surface area contributed by atoms with Crippen molar-refractivity contribution in [3.8, 4) is 5.75 Å². The molecule has 1 aromatic carbocycles. The Bertz CT molecular complexity index is 457. The molecule has 2 N–H and O–H groups in total. The predicted octanol–water partition coefficient (Wildman–Crippen LogP) is 2.55. The molecule has 5 heteroatoms. The number of nitrogens with zero attached hydrogens (tertiary/aromatic N) is 1. The molecule has 0 unspecified atom stereocenters. The van der Waals surface area contributed by atoms with E-state index in [1.165, 1.54) is 0 Å². The van der Waals surface area contributed by atoms with Gasteiger partial charge in [0, 0.05) is 18.3 Å². The quantitative estimate of drug-likeness (QED) is 0.589. The average molecular weight is 294 g/mol. The number of carbonyl (C=O) groups excluding carboxylic acids is 1. The van der Waals surface area contributed by atoms with Crippen molar-refractivity contribution in [2.45, 2.75) is 33.8 Å². The summed E-state index contributed by atoms with van der Waals surface area (Å²) in [6, 6.07) is 4.97. The molecule has 0 spiro atoms. The van der Waals surface area contributed by atoms with Gasteiger partial charge in [-0.3, -0.25) is 0 Å². The molecule has 0 saturated carbocycles. The van der Waals surface area contributed by atoms with Crippen molar-refractivity contribution >= 4 is 11.7 Å². The van der Waals surface area contributed by atoms with E-state index >= 15 is 0 Å². The normalized spacial score (nSPS) is 11.0. The molecule has 0 aliphatic carbocycles. The Labute approximate surface area is 127 Å². The maximum Gasteiger partial charge on any atom is 0.341 e. The number of hydrogen-bond acceptors (Lipinski definition) is 5. The maximum absolute atomic E-state index is 12.2. The fourth-order valence-corrected chi connectivity index (χ4v) is 1.94. The molecule has 0 heterocycles. The second-order valence-electron chi connectivity index (χ2n) is 5.09. The smallest absolute Gasteiger partial charge is 0.341 e. The minimum atomic E-state index is -0.377. The van der Waals surface area contributed by atoms with Crippen molar-refractivity contribution in [1.82, 2.24) is 4.90 Å². The Morgan fingerprint density at radius 1 is 1.29 bits per heavy atom.